The van der Waals surface area contributed by atoms with Gasteiger partial charge in [-0.15, -0.1) is 0 Å². The van der Waals surface area contributed by atoms with Gasteiger partial charge in [0.05, 0.1) is 18.2 Å². The van der Waals surface area contributed by atoms with Gasteiger partial charge in [-0.3, -0.25) is 9.59 Å². The van der Waals surface area contributed by atoms with Crippen LogP contribution in [0, 0.1) is 0 Å². The molecule has 0 spiro atoms. The Morgan fingerprint density at radius 2 is 1.93 bits per heavy atom. The SMILES string of the molecule is CCOc1cccc(C(O)=C2C(=O)C(=O)N(CCCOC)C2c2cccc(Cl)c2)c1. The number of ketones is 1. The van der Waals surface area contributed by atoms with Crippen molar-refractivity contribution >= 4 is 29.1 Å². The maximum absolute atomic E-state index is 12.9. The molecule has 3 rings (SSSR count). The third kappa shape index (κ3) is 4.50. The summed E-state index contributed by atoms with van der Waals surface area (Å²) in [6.07, 6.45) is 0.556. The maximum Gasteiger partial charge on any atom is 0.295 e. The minimum Gasteiger partial charge on any atom is -0.507 e. The quantitative estimate of drug-likeness (QED) is 0.294. The fourth-order valence-electron chi connectivity index (χ4n) is 3.57. The number of methoxy groups -OCH3 is 1. The standard InChI is InChI=1S/C23H24ClNO5/c1-3-30-18-10-5-8-16(14-18)21(26)19-20(15-7-4-9-17(24)13-15)25(11-6-12-29-2)23(28)22(19)27/h4-5,7-10,13-14,20,26H,3,6,11-12H2,1-2H3. The number of aliphatic hydroxyl groups is 1. The monoisotopic (exact) mass is 429 g/mol. The number of Topliss-reactive ketones (excluding diaryl/α,β-unsaturated/α-hetero) is 1. The number of benzene rings is 2. The zero-order chi connectivity index (χ0) is 21.7. The van der Waals surface area contributed by atoms with Crippen LogP contribution in [0.4, 0.5) is 0 Å². The van der Waals surface area contributed by atoms with Gasteiger partial charge in [0.25, 0.3) is 11.7 Å². The number of nitrogens with zero attached hydrogens (tertiary/aromatic N) is 1. The molecule has 0 saturated carbocycles. The van der Waals surface area contributed by atoms with Gasteiger partial charge in [0, 0.05) is 30.8 Å². The van der Waals surface area contributed by atoms with Gasteiger partial charge in [0.15, 0.2) is 0 Å². The van der Waals surface area contributed by atoms with Gasteiger partial charge in [-0.1, -0.05) is 35.9 Å². The van der Waals surface area contributed by atoms with E-state index in [1.807, 2.05) is 6.92 Å². The number of hydrogen-bond donors (Lipinski definition) is 1. The Bertz CT molecular complexity index is 972. The molecule has 1 aliphatic rings. The normalized spacial score (nSPS) is 18.1. The van der Waals surface area contributed by atoms with Crippen LogP contribution in [0.1, 0.15) is 30.5 Å². The Kier molecular flexibility index (Phi) is 7.13. The van der Waals surface area contributed by atoms with Crippen LogP contribution >= 0.6 is 11.6 Å². The smallest absolute Gasteiger partial charge is 0.295 e. The van der Waals surface area contributed by atoms with Crippen LogP contribution in [-0.4, -0.2) is 48.6 Å². The van der Waals surface area contributed by atoms with Crippen molar-refractivity contribution in [3.63, 3.8) is 0 Å². The summed E-state index contributed by atoms with van der Waals surface area (Å²) in [6.45, 7) is 3.08. The zero-order valence-electron chi connectivity index (χ0n) is 16.9. The third-order valence-corrected chi connectivity index (χ3v) is 5.11. The van der Waals surface area contributed by atoms with E-state index >= 15 is 0 Å². The van der Waals surface area contributed by atoms with Crippen LogP contribution in [-0.2, 0) is 14.3 Å². The molecule has 1 N–H and O–H groups in total. The lowest BCUT2D eigenvalue weighted by atomic mass is 9.95. The number of rotatable bonds is 8. The molecule has 0 bridgehead atoms. The van der Waals surface area contributed by atoms with E-state index in [0.717, 1.165) is 0 Å². The van der Waals surface area contributed by atoms with E-state index < -0.39 is 17.7 Å². The van der Waals surface area contributed by atoms with Crippen LogP contribution in [0.5, 0.6) is 5.75 Å². The van der Waals surface area contributed by atoms with Crippen LogP contribution in [0.3, 0.4) is 0 Å². The summed E-state index contributed by atoms with van der Waals surface area (Å²) >= 11 is 6.17. The number of hydrogen-bond acceptors (Lipinski definition) is 5. The second-order valence-electron chi connectivity index (χ2n) is 6.85. The van der Waals surface area contributed by atoms with Crippen molar-refractivity contribution in [1.82, 2.24) is 4.90 Å². The lowest BCUT2D eigenvalue weighted by Crippen LogP contribution is -2.31. The molecule has 7 heteroatoms. The van der Waals surface area contributed by atoms with E-state index in [4.69, 9.17) is 21.1 Å². The van der Waals surface area contributed by atoms with Crippen LogP contribution in [0.2, 0.25) is 5.02 Å². The summed E-state index contributed by atoms with van der Waals surface area (Å²) in [5.41, 5.74) is 1.10. The van der Waals surface area contributed by atoms with Gasteiger partial charge in [0.2, 0.25) is 0 Å². The summed E-state index contributed by atoms with van der Waals surface area (Å²) in [4.78, 5) is 27.2. The summed E-state index contributed by atoms with van der Waals surface area (Å²) in [5, 5.41) is 11.5. The molecule has 1 heterocycles. The molecule has 158 valence electrons. The average molecular weight is 430 g/mol. The second kappa shape index (κ2) is 9.78. The third-order valence-electron chi connectivity index (χ3n) is 4.87. The van der Waals surface area contributed by atoms with Crippen molar-refractivity contribution < 1.29 is 24.2 Å². The number of aliphatic hydroxyl groups excluding tert-OH is 1. The predicted octanol–water partition coefficient (Wildman–Crippen LogP) is 4.20. The van der Waals surface area contributed by atoms with Gasteiger partial charge in [-0.2, -0.15) is 0 Å². The molecule has 1 fully saturated rings. The van der Waals surface area contributed by atoms with E-state index in [1.54, 1.807) is 55.6 Å². The van der Waals surface area contributed by atoms with Gasteiger partial charge < -0.3 is 19.5 Å². The molecule has 30 heavy (non-hydrogen) atoms. The molecule has 1 aliphatic heterocycles. The molecule has 1 atom stereocenters. The molecular formula is C23H24ClNO5. The summed E-state index contributed by atoms with van der Waals surface area (Å²) in [6, 6.07) is 13.0. The first-order chi connectivity index (χ1) is 14.5. The predicted molar refractivity (Wildman–Crippen MR) is 115 cm³/mol. The van der Waals surface area contributed by atoms with Gasteiger partial charge >= 0.3 is 0 Å². The maximum atomic E-state index is 12.9. The van der Waals surface area contributed by atoms with Crippen molar-refractivity contribution in [2.24, 2.45) is 0 Å². The van der Waals surface area contributed by atoms with E-state index in [0.29, 0.717) is 48.1 Å². The van der Waals surface area contributed by atoms with Crippen molar-refractivity contribution in [2.45, 2.75) is 19.4 Å². The number of ether oxygens (including phenoxy) is 2. The number of amides is 1. The lowest BCUT2D eigenvalue weighted by Gasteiger charge is -2.25. The largest absolute Gasteiger partial charge is 0.507 e. The fourth-order valence-corrected chi connectivity index (χ4v) is 3.77. The molecule has 6 nitrogen and oxygen atoms in total. The number of carbonyl (C=O) groups is 2. The molecule has 2 aromatic carbocycles. The first-order valence-electron chi connectivity index (χ1n) is 9.74. The van der Waals surface area contributed by atoms with E-state index in [2.05, 4.69) is 0 Å². The molecule has 0 aliphatic carbocycles. The first kappa shape index (κ1) is 21.9. The number of likely N-dealkylation sites (tertiary alicyclic amines) is 1. The van der Waals surface area contributed by atoms with Crippen LogP contribution < -0.4 is 4.74 Å². The van der Waals surface area contributed by atoms with E-state index in [-0.39, 0.29) is 11.3 Å². The highest BCUT2D eigenvalue weighted by atomic mass is 35.5. The highest BCUT2D eigenvalue weighted by molar-refractivity contribution is 6.46. The first-order valence-corrected chi connectivity index (χ1v) is 10.1. The molecule has 0 aromatic heterocycles. The van der Waals surface area contributed by atoms with E-state index in [1.165, 1.54) is 4.90 Å². The van der Waals surface area contributed by atoms with Crippen LogP contribution in [0.25, 0.3) is 5.76 Å². The molecule has 1 saturated heterocycles. The second-order valence-corrected chi connectivity index (χ2v) is 7.29. The van der Waals surface area contributed by atoms with Crippen molar-refractivity contribution in [3.05, 3.63) is 70.3 Å². The molecule has 1 amide bonds. The van der Waals surface area contributed by atoms with E-state index in [9.17, 15) is 14.7 Å². The van der Waals surface area contributed by atoms with Gasteiger partial charge in [-0.05, 0) is 43.2 Å². The Labute approximate surface area is 180 Å². The van der Waals surface area contributed by atoms with Crippen molar-refractivity contribution in [3.8, 4) is 5.75 Å². The Morgan fingerprint density at radius 3 is 2.63 bits per heavy atom. The number of halogens is 1. The highest BCUT2D eigenvalue weighted by Crippen LogP contribution is 2.40. The Balaban J connectivity index is 2.11. The molecule has 2 aromatic rings. The lowest BCUT2D eigenvalue weighted by molar-refractivity contribution is -0.140. The van der Waals surface area contributed by atoms with Crippen LogP contribution in [0.15, 0.2) is 54.1 Å². The Hall–Kier alpha value is -2.83. The zero-order valence-corrected chi connectivity index (χ0v) is 17.7. The topological polar surface area (TPSA) is 76.1 Å². The Morgan fingerprint density at radius 1 is 1.17 bits per heavy atom. The highest BCUT2D eigenvalue weighted by Gasteiger charge is 2.45. The van der Waals surface area contributed by atoms with Crippen molar-refractivity contribution in [1.29, 1.82) is 0 Å². The van der Waals surface area contributed by atoms with Gasteiger partial charge in [0.1, 0.15) is 11.5 Å². The summed E-state index contributed by atoms with van der Waals surface area (Å²) in [7, 11) is 1.58. The molecule has 1 unspecified atom stereocenters. The average Bonchev–Trinajstić information content (AvgIpc) is 2.99. The minimum absolute atomic E-state index is 0.0355. The fraction of sp³-hybridized carbons (Fsp3) is 0.304. The summed E-state index contributed by atoms with van der Waals surface area (Å²) < 4.78 is 10.6. The summed E-state index contributed by atoms with van der Waals surface area (Å²) in [5.74, 6) is -1.06. The van der Waals surface area contributed by atoms with Gasteiger partial charge in [-0.25, -0.2) is 0 Å². The minimum atomic E-state index is -0.740. The number of carbonyl (C=O) groups excluding carboxylic acids is 2. The molecule has 0 radical (unpaired) electrons. The molecular weight excluding hydrogens is 406 g/mol. The van der Waals surface area contributed by atoms with Crippen molar-refractivity contribution in [2.75, 3.05) is 26.9 Å².